The molecule has 0 fully saturated rings. The first kappa shape index (κ1) is 24.0. The Morgan fingerprint density at radius 1 is 1.03 bits per heavy atom. The molecule has 3 N–H and O–H groups in total. The second kappa shape index (κ2) is 10.4. The van der Waals surface area contributed by atoms with Gasteiger partial charge in [-0.3, -0.25) is 20.0 Å². The summed E-state index contributed by atoms with van der Waals surface area (Å²) < 4.78 is 5.50. The molecule has 1 aliphatic carbocycles. The van der Waals surface area contributed by atoms with Crippen molar-refractivity contribution in [3.63, 3.8) is 0 Å². The summed E-state index contributed by atoms with van der Waals surface area (Å²) in [5, 5.41) is 18.2. The number of carbonyl (C=O) groups excluding carboxylic acids is 2. The van der Waals surface area contributed by atoms with Crippen LogP contribution in [0, 0.1) is 0 Å². The van der Waals surface area contributed by atoms with Crippen LogP contribution >= 0.6 is 0 Å². The van der Waals surface area contributed by atoms with Crippen molar-refractivity contribution in [2.45, 2.75) is 5.92 Å². The summed E-state index contributed by atoms with van der Waals surface area (Å²) in [6.45, 7) is 0.429. The van der Waals surface area contributed by atoms with Crippen molar-refractivity contribution in [3.05, 3.63) is 71.4 Å². The van der Waals surface area contributed by atoms with E-state index in [4.69, 9.17) is 9.84 Å². The van der Waals surface area contributed by atoms with Crippen LogP contribution in [0.5, 0.6) is 0 Å². The van der Waals surface area contributed by atoms with E-state index >= 15 is 0 Å². The summed E-state index contributed by atoms with van der Waals surface area (Å²) in [4.78, 5) is 39.4. The van der Waals surface area contributed by atoms with Crippen molar-refractivity contribution in [3.8, 4) is 11.1 Å². The first-order chi connectivity index (χ1) is 16.8. The molecule has 0 atom stereocenters. The molecule has 0 spiro atoms. The Hall–Kier alpha value is -4.18. The fourth-order valence-electron chi connectivity index (χ4n) is 4.14. The summed E-state index contributed by atoms with van der Waals surface area (Å²) in [5.74, 6) is -1.62. The van der Waals surface area contributed by atoms with E-state index < -0.39 is 24.5 Å². The highest BCUT2D eigenvalue weighted by molar-refractivity contribution is 5.95. The minimum absolute atomic E-state index is 0.0685. The van der Waals surface area contributed by atoms with Crippen molar-refractivity contribution < 1.29 is 24.2 Å². The Morgan fingerprint density at radius 2 is 1.66 bits per heavy atom. The highest BCUT2D eigenvalue weighted by Crippen LogP contribution is 2.44. The Balaban J connectivity index is 1.38. The van der Waals surface area contributed by atoms with Gasteiger partial charge in [-0.15, -0.1) is 0 Å². The number of anilines is 1. The number of nitrogens with zero attached hydrogens (tertiary/aromatic N) is 3. The zero-order valence-electron chi connectivity index (χ0n) is 19.5. The number of ether oxygens (including phenoxy) is 1. The lowest BCUT2D eigenvalue weighted by molar-refractivity contribution is -0.137. The molecule has 1 aliphatic rings. The molecule has 182 valence electrons. The maximum atomic E-state index is 12.8. The van der Waals surface area contributed by atoms with E-state index in [-0.39, 0.29) is 30.6 Å². The van der Waals surface area contributed by atoms with Crippen LogP contribution in [0.25, 0.3) is 11.1 Å². The molecule has 0 aliphatic heterocycles. The minimum atomic E-state index is -1.12. The van der Waals surface area contributed by atoms with Gasteiger partial charge in [-0.2, -0.15) is 5.10 Å². The monoisotopic (exact) mass is 477 g/mol. The van der Waals surface area contributed by atoms with Crippen molar-refractivity contribution in [2.24, 2.45) is 0 Å². The van der Waals surface area contributed by atoms with Gasteiger partial charge in [0.05, 0.1) is 0 Å². The highest BCUT2D eigenvalue weighted by atomic mass is 16.5. The second-order valence-corrected chi connectivity index (χ2v) is 8.54. The van der Waals surface area contributed by atoms with Crippen LogP contribution in [-0.2, 0) is 9.53 Å². The number of aliphatic carboxylic acids is 1. The number of amides is 2. The number of hydrogen-bond donors (Lipinski definition) is 3. The van der Waals surface area contributed by atoms with Crippen LogP contribution in [0.15, 0.2) is 54.6 Å². The topological polar surface area (TPSA) is 128 Å². The van der Waals surface area contributed by atoms with Crippen LogP contribution in [0.4, 0.5) is 10.6 Å². The SMILES string of the molecule is CN(C)CCN(CC(=O)O)C(=O)c1cc(NC(=O)OCC2c3ccccc3-c3ccccc32)n[nH]1. The van der Waals surface area contributed by atoms with Crippen molar-refractivity contribution in [1.82, 2.24) is 20.0 Å². The quantitative estimate of drug-likeness (QED) is 0.432. The number of aromatic nitrogens is 2. The molecule has 0 unspecified atom stereocenters. The zero-order chi connectivity index (χ0) is 24.9. The molecule has 3 aromatic rings. The van der Waals surface area contributed by atoms with Gasteiger partial charge in [0.25, 0.3) is 5.91 Å². The molecular weight excluding hydrogens is 450 g/mol. The summed E-state index contributed by atoms with van der Waals surface area (Å²) in [7, 11) is 3.66. The molecule has 0 radical (unpaired) electrons. The van der Waals surface area contributed by atoms with Gasteiger partial charge in [-0.05, 0) is 36.3 Å². The predicted molar refractivity (Wildman–Crippen MR) is 129 cm³/mol. The largest absolute Gasteiger partial charge is 0.480 e. The number of benzene rings is 2. The minimum Gasteiger partial charge on any atom is -0.480 e. The van der Waals surface area contributed by atoms with Crippen molar-refractivity contribution in [1.29, 1.82) is 0 Å². The van der Waals surface area contributed by atoms with E-state index in [1.807, 2.05) is 55.4 Å². The van der Waals surface area contributed by atoms with E-state index in [1.165, 1.54) is 11.0 Å². The zero-order valence-corrected chi connectivity index (χ0v) is 19.5. The van der Waals surface area contributed by atoms with E-state index in [1.54, 1.807) is 0 Å². The lowest BCUT2D eigenvalue weighted by atomic mass is 9.98. The molecule has 10 heteroatoms. The first-order valence-electron chi connectivity index (χ1n) is 11.2. The summed E-state index contributed by atoms with van der Waals surface area (Å²) in [6, 6.07) is 17.4. The second-order valence-electron chi connectivity index (χ2n) is 8.54. The van der Waals surface area contributed by atoms with Crippen LogP contribution in [0.1, 0.15) is 27.5 Å². The lowest BCUT2D eigenvalue weighted by Crippen LogP contribution is -2.40. The standard InChI is InChI=1S/C25H27N5O5/c1-29(2)11-12-30(14-23(31)32)24(33)21-13-22(28-27-21)26-25(34)35-15-20-18-9-5-3-7-16(18)17-8-4-6-10-19(17)20/h3-10,13,20H,11-12,14-15H2,1-2H3,(H,31,32)(H2,26,27,28,34). The molecule has 0 saturated heterocycles. The molecule has 2 aromatic carbocycles. The fourth-order valence-corrected chi connectivity index (χ4v) is 4.14. The van der Waals surface area contributed by atoms with Gasteiger partial charge in [0, 0.05) is 25.1 Å². The Kier molecular flexibility index (Phi) is 7.11. The van der Waals surface area contributed by atoms with Crippen LogP contribution in [-0.4, -0.2) is 83.4 Å². The normalized spacial score (nSPS) is 12.2. The molecule has 10 nitrogen and oxygen atoms in total. The van der Waals surface area contributed by atoms with Crippen LogP contribution in [0.3, 0.4) is 0 Å². The van der Waals surface area contributed by atoms with Crippen LogP contribution in [0.2, 0.25) is 0 Å². The Bertz CT molecular complexity index is 1190. The Labute approximate surface area is 202 Å². The number of carboxylic acids is 1. The summed E-state index contributed by atoms with van der Waals surface area (Å²) >= 11 is 0. The molecule has 0 bridgehead atoms. The molecule has 0 saturated carbocycles. The highest BCUT2D eigenvalue weighted by Gasteiger charge is 2.29. The fraction of sp³-hybridized carbons (Fsp3) is 0.280. The number of rotatable bonds is 9. The smallest absolute Gasteiger partial charge is 0.412 e. The number of aromatic amines is 1. The molecule has 4 rings (SSSR count). The van der Waals surface area contributed by atoms with E-state index in [0.29, 0.717) is 6.54 Å². The van der Waals surface area contributed by atoms with Crippen molar-refractivity contribution >= 4 is 23.8 Å². The number of likely N-dealkylation sites (N-methyl/N-ethyl adjacent to an activating group) is 1. The maximum absolute atomic E-state index is 12.8. The van der Waals surface area contributed by atoms with Gasteiger partial charge >= 0.3 is 12.1 Å². The van der Waals surface area contributed by atoms with Crippen LogP contribution < -0.4 is 5.32 Å². The number of fused-ring (bicyclic) bond motifs is 3. The molecular formula is C25H27N5O5. The molecule has 1 aromatic heterocycles. The maximum Gasteiger partial charge on any atom is 0.412 e. The van der Waals surface area contributed by atoms with Gasteiger partial charge in [0.2, 0.25) is 0 Å². The van der Waals surface area contributed by atoms with Gasteiger partial charge in [-0.1, -0.05) is 48.5 Å². The summed E-state index contributed by atoms with van der Waals surface area (Å²) in [6.07, 6.45) is -0.702. The molecule has 2 amide bonds. The first-order valence-corrected chi connectivity index (χ1v) is 11.2. The van der Waals surface area contributed by atoms with Gasteiger partial charge in [-0.25, -0.2) is 4.79 Å². The average molecular weight is 478 g/mol. The van der Waals surface area contributed by atoms with E-state index in [0.717, 1.165) is 22.3 Å². The number of hydrogen-bond acceptors (Lipinski definition) is 6. The van der Waals surface area contributed by atoms with Gasteiger partial charge in [0.15, 0.2) is 5.82 Å². The number of carbonyl (C=O) groups is 3. The van der Waals surface area contributed by atoms with Gasteiger partial charge in [0.1, 0.15) is 18.8 Å². The number of H-pyrrole nitrogens is 1. The Morgan fingerprint density at radius 3 is 2.26 bits per heavy atom. The number of carboxylic acid groups (broad SMARTS) is 1. The third-order valence-electron chi connectivity index (χ3n) is 5.81. The average Bonchev–Trinajstić information content (AvgIpc) is 3.42. The lowest BCUT2D eigenvalue weighted by Gasteiger charge is -2.21. The summed E-state index contributed by atoms with van der Waals surface area (Å²) in [5.41, 5.74) is 4.54. The predicted octanol–water partition coefficient (Wildman–Crippen LogP) is 2.86. The number of nitrogens with one attached hydrogen (secondary N) is 2. The van der Waals surface area contributed by atoms with E-state index in [9.17, 15) is 14.4 Å². The third-order valence-corrected chi connectivity index (χ3v) is 5.81. The van der Waals surface area contributed by atoms with Crippen molar-refractivity contribution in [2.75, 3.05) is 45.7 Å². The molecule has 35 heavy (non-hydrogen) atoms. The van der Waals surface area contributed by atoms with E-state index in [2.05, 4.69) is 27.6 Å². The van der Waals surface area contributed by atoms with Gasteiger partial charge < -0.3 is 19.6 Å². The third kappa shape index (κ3) is 5.49. The molecule has 1 heterocycles.